The number of H-pyrrole nitrogens is 1. The predicted octanol–water partition coefficient (Wildman–Crippen LogP) is 2.53. The Morgan fingerprint density at radius 3 is 2.48 bits per heavy atom. The molecule has 0 aliphatic carbocycles. The molecule has 2 heterocycles. The van der Waals surface area contributed by atoms with E-state index < -0.39 is 23.8 Å². The number of aromatic amines is 1. The predicted molar refractivity (Wildman–Crippen MR) is 86.7 cm³/mol. The Morgan fingerprint density at radius 2 is 1.92 bits per heavy atom. The van der Waals surface area contributed by atoms with Crippen LogP contribution in [-0.2, 0) is 9.47 Å². The van der Waals surface area contributed by atoms with Crippen LogP contribution in [-0.4, -0.2) is 40.6 Å². The van der Waals surface area contributed by atoms with Gasteiger partial charge in [0, 0.05) is 11.8 Å². The van der Waals surface area contributed by atoms with E-state index >= 15 is 0 Å². The number of carbonyl (C=O) groups is 3. The average Bonchev–Trinajstić information content (AvgIpc) is 3.10. The quantitative estimate of drug-likeness (QED) is 0.630. The third kappa shape index (κ3) is 3.78. The van der Waals surface area contributed by atoms with E-state index in [1.54, 1.807) is 27.7 Å². The number of nitrogens with one attached hydrogen (secondary N) is 1. The SMILES string of the molecule is CCOC(=O)c1c(C)[nH]c(C(=O)[C@H](C)OC(=O)c2cc(C)no2)c1C. The van der Waals surface area contributed by atoms with Crippen molar-refractivity contribution in [1.82, 2.24) is 10.1 Å². The number of rotatable bonds is 6. The van der Waals surface area contributed by atoms with Crippen molar-refractivity contribution in [3.63, 3.8) is 0 Å². The number of ketones is 1. The molecular weight excluding hydrogens is 328 g/mol. The lowest BCUT2D eigenvalue weighted by atomic mass is 10.1. The molecule has 0 saturated carbocycles. The Balaban J connectivity index is 2.18. The van der Waals surface area contributed by atoms with Crippen LogP contribution >= 0.6 is 0 Å². The number of aryl methyl sites for hydroxylation is 2. The van der Waals surface area contributed by atoms with Crippen molar-refractivity contribution in [1.29, 1.82) is 0 Å². The molecule has 0 saturated heterocycles. The van der Waals surface area contributed by atoms with Crippen LogP contribution in [0.25, 0.3) is 0 Å². The fourth-order valence-electron chi connectivity index (χ4n) is 2.44. The van der Waals surface area contributed by atoms with Gasteiger partial charge in [0.05, 0.1) is 23.6 Å². The first kappa shape index (κ1) is 18.4. The van der Waals surface area contributed by atoms with E-state index in [4.69, 9.17) is 14.0 Å². The third-order valence-electron chi connectivity index (χ3n) is 3.65. The molecule has 0 amide bonds. The van der Waals surface area contributed by atoms with Crippen LogP contribution in [0.1, 0.15) is 62.2 Å². The molecule has 0 fully saturated rings. The van der Waals surface area contributed by atoms with Crippen LogP contribution in [0.15, 0.2) is 10.6 Å². The zero-order valence-electron chi connectivity index (χ0n) is 14.8. The summed E-state index contributed by atoms with van der Waals surface area (Å²) in [6.45, 7) is 8.35. The Bertz CT molecular complexity index is 817. The van der Waals surface area contributed by atoms with Crippen LogP contribution in [0.3, 0.4) is 0 Å². The summed E-state index contributed by atoms with van der Waals surface area (Å²) in [5.41, 5.74) is 2.02. The van der Waals surface area contributed by atoms with Gasteiger partial charge in [-0.15, -0.1) is 0 Å². The summed E-state index contributed by atoms with van der Waals surface area (Å²) in [5, 5.41) is 3.60. The minimum atomic E-state index is -1.07. The maximum absolute atomic E-state index is 12.6. The van der Waals surface area contributed by atoms with E-state index in [1.165, 1.54) is 13.0 Å². The van der Waals surface area contributed by atoms with E-state index in [2.05, 4.69) is 10.1 Å². The fourth-order valence-corrected chi connectivity index (χ4v) is 2.44. The smallest absolute Gasteiger partial charge is 0.377 e. The first-order chi connectivity index (χ1) is 11.8. The zero-order chi connectivity index (χ0) is 18.7. The first-order valence-corrected chi connectivity index (χ1v) is 7.81. The van der Waals surface area contributed by atoms with Gasteiger partial charge in [0.2, 0.25) is 11.5 Å². The van der Waals surface area contributed by atoms with Crippen molar-refractivity contribution in [3.05, 3.63) is 40.0 Å². The summed E-state index contributed by atoms with van der Waals surface area (Å²) in [6.07, 6.45) is -1.07. The molecule has 2 rings (SSSR count). The minimum Gasteiger partial charge on any atom is -0.462 e. The molecule has 8 nitrogen and oxygen atoms in total. The van der Waals surface area contributed by atoms with Crippen molar-refractivity contribution >= 4 is 17.7 Å². The number of esters is 2. The van der Waals surface area contributed by atoms with Crippen LogP contribution in [0, 0.1) is 20.8 Å². The number of aromatic nitrogens is 2. The molecule has 2 aromatic heterocycles. The topological polar surface area (TPSA) is 111 Å². The van der Waals surface area contributed by atoms with Gasteiger partial charge in [0.15, 0.2) is 6.10 Å². The molecule has 1 N–H and O–H groups in total. The minimum absolute atomic E-state index is 0.0799. The van der Waals surface area contributed by atoms with Gasteiger partial charge in [-0.25, -0.2) is 9.59 Å². The number of Topliss-reactive ketones (excluding diaryl/α,β-unsaturated/α-hetero) is 1. The van der Waals surface area contributed by atoms with Gasteiger partial charge in [-0.3, -0.25) is 4.79 Å². The molecule has 8 heteroatoms. The van der Waals surface area contributed by atoms with Crippen LogP contribution in [0.4, 0.5) is 0 Å². The number of carbonyl (C=O) groups excluding carboxylic acids is 3. The van der Waals surface area contributed by atoms with Gasteiger partial charge in [-0.1, -0.05) is 5.16 Å². The Morgan fingerprint density at radius 1 is 1.24 bits per heavy atom. The summed E-state index contributed by atoms with van der Waals surface area (Å²) in [4.78, 5) is 39.4. The highest BCUT2D eigenvalue weighted by molar-refractivity contribution is 6.04. The van der Waals surface area contributed by atoms with Gasteiger partial charge in [-0.2, -0.15) is 0 Å². The van der Waals surface area contributed by atoms with Crippen LogP contribution < -0.4 is 0 Å². The molecule has 0 spiro atoms. The van der Waals surface area contributed by atoms with Crippen molar-refractivity contribution in [2.24, 2.45) is 0 Å². The second kappa shape index (κ2) is 7.33. The number of hydrogen-bond acceptors (Lipinski definition) is 7. The first-order valence-electron chi connectivity index (χ1n) is 7.81. The summed E-state index contributed by atoms with van der Waals surface area (Å²) in [6, 6.07) is 1.42. The number of nitrogens with zero attached hydrogens (tertiary/aromatic N) is 1. The lowest BCUT2D eigenvalue weighted by Crippen LogP contribution is -2.25. The number of hydrogen-bond donors (Lipinski definition) is 1. The second-order valence-electron chi connectivity index (χ2n) is 5.59. The average molecular weight is 348 g/mol. The highest BCUT2D eigenvalue weighted by Crippen LogP contribution is 2.21. The molecule has 2 aromatic rings. The Hall–Kier alpha value is -2.90. The Kier molecular flexibility index (Phi) is 5.41. The van der Waals surface area contributed by atoms with E-state index in [1.807, 2.05) is 0 Å². The van der Waals surface area contributed by atoms with Gasteiger partial charge in [0.25, 0.3) is 0 Å². The maximum atomic E-state index is 12.6. The van der Waals surface area contributed by atoms with E-state index in [0.717, 1.165) is 0 Å². The molecule has 0 unspecified atom stereocenters. The van der Waals surface area contributed by atoms with Gasteiger partial charge in [0.1, 0.15) is 0 Å². The molecule has 0 aliphatic rings. The summed E-state index contributed by atoms with van der Waals surface area (Å²) >= 11 is 0. The van der Waals surface area contributed by atoms with Gasteiger partial charge in [-0.05, 0) is 40.2 Å². The maximum Gasteiger partial charge on any atom is 0.377 e. The molecule has 25 heavy (non-hydrogen) atoms. The Labute approximate surface area is 144 Å². The van der Waals surface area contributed by atoms with E-state index in [0.29, 0.717) is 22.5 Å². The lowest BCUT2D eigenvalue weighted by Gasteiger charge is -2.10. The van der Waals surface area contributed by atoms with Crippen molar-refractivity contribution in [3.8, 4) is 0 Å². The van der Waals surface area contributed by atoms with Crippen LogP contribution in [0.2, 0.25) is 0 Å². The van der Waals surface area contributed by atoms with Crippen LogP contribution in [0.5, 0.6) is 0 Å². The number of ether oxygens (including phenoxy) is 2. The summed E-state index contributed by atoms with van der Waals surface area (Å²) in [5.74, 6) is -1.83. The molecular formula is C17H20N2O6. The van der Waals surface area contributed by atoms with E-state index in [-0.39, 0.29) is 18.1 Å². The molecule has 1 atom stereocenters. The monoisotopic (exact) mass is 348 g/mol. The largest absolute Gasteiger partial charge is 0.462 e. The molecule has 0 aliphatic heterocycles. The normalized spacial score (nSPS) is 11.9. The fraction of sp³-hybridized carbons (Fsp3) is 0.412. The summed E-state index contributed by atoms with van der Waals surface area (Å²) in [7, 11) is 0. The van der Waals surface area contributed by atoms with E-state index in [9.17, 15) is 14.4 Å². The van der Waals surface area contributed by atoms with Crippen molar-refractivity contribution < 1.29 is 28.4 Å². The molecule has 0 aromatic carbocycles. The zero-order valence-corrected chi connectivity index (χ0v) is 14.8. The second-order valence-corrected chi connectivity index (χ2v) is 5.59. The molecule has 0 bridgehead atoms. The highest BCUT2D eigenvalue weighted by atomic mass is 16.6. The molecule has 0 radical (unpaired) electrons. The standard InChI is InChI=1S/C17H20N2O6/c1-6-23-17(22)13-9(3)14(18-10(13)4)15(20)11(5)24-16(21)12-7-8(2)19-25-12/h7,11,18H,6H2,1-5H3/t11-/m0/s1. The van der Waals surface area contributed by atoms with Gasteiger partial charge < -0.3 is 19.0 Å². The third-order valence-corrected chi connectivity index (χ3v) is 3.65. The van der Waals surface area contributed by atoms with Crippen molar-refractivity contribution in [2.75, 3.05) is 6.61 Å². The lowest BCUT2D eigenvalue weighted by molar-refractivity contribution is 0.0279. The molecule has 134 valence electrons. The van der Waals surface area contributed by atoms with Gasteiger partial charge >= 0.3 is 11.9 Å². The van der Waals surface area contributed by atoms with Crippen molar-refractivity contribution in [2.45, 2.75) is 40.7 Å². The summed E-state index contributed by atoms with van der Waals surface area (Å²) < 4.78 is 14.9. The highest BCUT2D eigenvalue weighted by Gasteiger charge is 2.28.